The third-order valence-electron chi connectivity index (χ3n) is 5.30. The van der Waals surface area contributed by atoms with Gasteiger partial charge in [-0.05, 0) is 40.2 Å². The van der Waals surface area contributed by atoms with Crippen LogP contribution < -0.4 is 10.2 Å². The maximum atomic E-state index is 13.6. The Morgan fingerprint density at radius 2 is 1.65 bits per heavy atom. The van der Waals surface area contributed by atoms with Gasteiger partial charge in [-0.2, -0.15) is 0 Å². The molecule has 0 saturated heterocycles. The number of aliphatic hydroxyl groups is 1. The molecule has 0 spiro atoms. The van der Waals surface area contributed by atoms with E-state index in [1.54, 1.807) is 13.8 Å². The SMILES string of the molecule is COc1cc(O)c(-c2oc3c(CC=C(C)C)c(O)cc(O)c3c(=O)c2C(O)C=C(C)C)cc1O. The number of hydrogen-bond donors (Lipinski definition) is 5. The minimum atomic E-state index is -1.45. The van der Waals surface area contributed by atoms with Gasteiger partial charge in [-0.15, -0.1) is 0 Å². The molecule has 0 amide bonds. The summed E-state index contributed by atoms with van der Waals surface area (Å²) in [5, 5.41) is 52.6. The fraction of sp³-hybridized carbons (Fsp3) is 0.269. The van der Waals surface area contributed by atoms with Gasteiger partial charge < -0.3 is 34.7 Å². The Morgan fingerprint density at radius 1 is 0.971 bits per heavy atom. The largest absolute Gasteiger partial charge is 0.507 e. The maximum absolute atomic E-state index is 13.6. The van der Waals surface area contributed by atoms with Crippen LogP contribution in [0.3, 0.4) is 0 Å². The lowest BCUT2D eigenvalue weighted by atomic mass is 9.96. The first kappa shape index (κ1) is 24.7. The molecule has 3 aromatic rings. The fourth-order valence-corrected chi connectivity index (χ4v) is 3.67. The molecule has 0 aliphatic rings. The summed E-state index contributed by atoms with van der Waals surface area (Å²) in [5.74, 6) is -1.73. The molecule has 1 aromatic heterocycles. The summed E-state index contributed by atoms with van der Waals surface area (Å²) in [6.45, 7) is 7.20. The van der Waals surface area contributed by atoms with E-state index in [4.69, 9.17) is 9.15 Å². The molecule has 0 radical (unpaired) electrons. The highest BCUT2D eigenvalue weighted by atomic mass is 16.5. The number of allylic oxidation sites excluding steroid dienone is 3. The number of ether oxygens (including phenoxy) is 1. The summed E-state index contributed by atoms with van der Waals surface area (Å²) >= 11 is 0. The number of phenolic OH excluding ortho intramolecular Hbond substituents is 4. The Hall–Kier alpha value is -3.91. The molecule has 34 heavy (non-hydrogen) atoms. The molecule has 1 unspecified atom stereocenters. The Balaban J connectivity index is 2.53. The minimum absolute atomic E-state index is 0.00433. The van der Waals surface area contributed by atoms with Crippen molar-refractivity contribution in [1.82, 2.24) is 0 Å². The lowest BCUT2D eigenvalue weighted by Crippen LogP contribution is -2.15. The van der Waals surface area contributed by atoms with Crippen LogP contribution in [0.4, 0.5) is 0 Å². The van der Waals surface area contributed by atoms with E-state index in [9.17, 15) is 30.3 Å². The van der Waals surface area contributed by atoms with Gasteiger partial charge in [-0.25, -0.2) is 0 Å². The molecule has 0 fully saturated rings. The van der Waals surface area contributed by atoms with Crippen LogP contribution in [0.15, 0.2) is 50.7 Å². The fourth-order valence-electron chi connectivity index (χ4n) is 3.67. The lowest BCUT2D eigenvalue weighted by Gasteiger charge is -2.17. The molecule has 8 heteroatoms. The number of aromatic hydroxyl groups is 4. The van der Waals surface area contributed by atoms with E-state index in [0.717, 1.165) is 23.8 Å². The van der Waals surface area contributed by atoms with Crippen molar-refractivity contribution < 1.29 is 34.7 Å². The van der Waals surface area contributed by atoms with Crippen molar-refractivity contribution in [1.29, 1.82) is 0 Å². The maximum Gasteiger partial charge on any atom is 0.203 e. The Labute approximate surface area is 196 Å². The number of benzene rings is 2. The summed E-state index contributed by atoms with van der Waals surface area (Å²) in [6.07, 6.45) is 1.99. The zero-order chi connectivity index (χ0) is 25.3. The van der Waals surface area contributed by atoms with Crippen LogP contribution in [0.2, 0.25) is 0 Å². The molecule has 1 atom stereocenters. The Bertz CT molecular complexity index is 1370. The molecule has 2 aromatic carbocycles. The first-order chi connectivity index (χ1) is 16.0. The van der Waals surface area contributed by atoms with E-state index >= 15 is 0 Å². The second-order valence-electron chi connectivity index (χ2n) is 8.49. The van der Waals surface area contributed by atoms with Crippen molar-refractivity contribution >= 4 is 11.0 Å². The summed E-state index contributed by atoms with van der Waals surface area (Å²) in [4.78, 5) is 13.6. The molecule has 180 valence electrons. The van der Waals surface area contributed by atoms with Crippen LogP contribution in [-0.4, -0.2) is 32.6 Å². The van der Waals surface area contributed by atoms with Crippen LogP contribution in [0.25, 0.3) is 22.3 Å². The van der Waals surface area contributed by atoms with E-state index < -0.39 is 17.3 Å². The average molecular weight is 469 g/mol. The summed E-state index contributed by atoms with van der Waals surface area (Å²) in [6, 6.07) is 3.35. The van der Waals surface area contributed by atoms with Gasteiger partial charge in [0, 0.05) is 17.7 Å². The van der Waals surface area contributed by atoms with Crippen LogP contribution in [-0.2, 0) is 6.42 Å². The van der Waals surface area contributed by atoms with Crippen LogP contribution in [0.1, 0.15) is 44.9 Å². The quantitative estimate of drug-likeness (QED) is 0.257. The van der Waals surface area contributed by atoms with Crippen molar-refractivity contribution in [3.05, 3.63) is 62.8 Å². The second-order valence-corrected chi connectivity index (χ2v) is 8.49. The molecule has 0 aliphatic heterocycles. The second kappa shape index (κ2) is 9.52. The zero-order valence-corrected chi connectivity index (χ0v) is 19.6. The van der Waals surface area contributed by atoms with Gasteiger partial charge >= 0.3 is 0 Å². The monoisotopic (exact) mass is 468 g/mol. The first-order valence-corrected chi connectivity index (χ1v) is 10.6. The molecule has 5 N–H and O–H groups in total. The normalized spacial score (nSPS) is 11.8. The average Bonchev–Trinajstić information content (AvgIpc) is 2.73. The molecule has 8 nitrogen and oxygen atoms in total. The molecular weight excluding hydrogens is 440 g/mol. The number of phenols is 4. The van der Waals surface area contributed by atoms with Gasteiger partial charge in [-0.1, -0.05) is 23.3 Å². The zero-order valence-electron chi connectivity index (χ0n) is 19.6. The minimum Gasteiger partial charge on any atom is -0.507 e. The Morgan fingerprint density at radius 3 is 2.24 bits per heavy atom. The van der Waals surface area contributed by atoms with E-state index in [1.165, 1.54) is 13.2 Å². The smallest absolute Gasteiger partial charge is 0.203 e. The summed E-state index contributed by atoms with van der Waals surface area (Å²) in [7, 11) is 1.31. The predicted molar refractivity (Wildman–Crippen MR) is 129 cm³/mol. The highest BCUT2D eigenvalue weighted by Crippen LogP contribution is 2.43. The van der Waals surface area contributed by atoms with Crippen LogP contribution >= 0.6 is 0 Å². The van der Waals surface area contributed by atoms with E-state index in [2.05, 4.69) is 0 Å². The molecule has 0 bridgehead atoms. The summed E-state index contributed by atoms with van der Waals surface area (Å²) < 4.78 is 11.1. The summed E-state index contributed by atoms with van der Waals surface area (Å²) in [5.41, 5.74) is 0.736. The van der Waals surface area contributed by atoms with Crippen molar-refractivity contribution in [2.75, 3.05) is 7.11 Å². The standard InChI is InChI=1S/C26H28O8/c1-12(2)6-7-14-16(27)10-20(31)23-24(32)22(19(30)8-13(3)4)26(34-25(14)23)15-9-18(29)21(33-5)11-17(15)28/h6,8-11,19,27-31H,7H2,1-5H3. The van der Waals surface area contributed by atoms with E-state index in [-0.39, 0.29) is 62.8 Å². The highest BCUT2D eigenvalue weighted by Gasteiger charge is 2.27. The number of methoxy groups -OCH3 is 1. The van der Waals surface area contributed by atoms with Crippen molar-refractivity contribution in [2.24, 2.45) is 0 Å². The Kier molecular flexibility index (Phi) is 6.93. The third kappa shape index (κ3) is 4.58. The number of aliphatic hydroxyl groups excluding tert-OH is 1. The lowest BCUT2D eigenvalue weighted by molar-refractivity contribution is 0.225. The first-order valence-electron chi connectivity index (χ1n) is 10.6. The highest BCUT2D eigenvalue weighted by molar-refractivity contribution is 5.91. The topological polar surface area (TPSA) is 141 Å². The molecule has 3 rings (SSSR count). The third-order valence-corrected chi connectivity index (χ3v) is 5.30. The predicted octanol–water partition coefficient (Wildman–Crippen LogP) is 4.80. The molecule has 0 saturated carbocycles. The van der Waals surface area contributed by atoms with E-state index in [1.807, 2.05) is 19.9 Å². The van der Waals surface area contributed by atoms with Crippen molar-refractivity contribution in [2.45, 2.75) is 40.2 Å². The van der Waals surface area contributed by atoms with Gasteiger partial charge in [0.2, 0.25) is 5.43 Å². The van der Waals surface area contributed by atoms with Gasteiger partial charge in [-0.3, -0.25) is 4.79 Å². The molecule has 1 heterocycles. The van der Waals surface area contributed by atoms with Gasteiger partial charge in [0.1, 0.15) is 40.1 Å². The number of hydrogen-bond acceptors (Lipinski definition) is 8. The van der Waals surface area contributed by atoms with Gasteiger partial charge in [0.25, 0.3) is 0 Å². The van der Waals surface area contributed by atoms with Crippen molar-refractivity contribution in [3.63, 3.8) is 0 Å². The van der Waals surface area contributed by atoms with Gasteiger partial charge in [0.05, 0.1) is 18.2 Å². The molecule has 0 aliphatic carbocycles. The van der Waals surface area contributed by atoms with Crippen molar-refractivity contribution in [3.8, 4) is 40.1 Å². The van der Waals surface area contributed by atoms with Crippen LogP contribution in [0.5, 0.6) is 28.7 Å². The van der Waals surface area contributed by atoms with Gasteiger partial charge in [0.15, 0.2) is 11.5 Å². The van der Waals surface area contributed by atoms with Crippen LogP contribution in [0, 0.1) is 0 Å². The number of rotatable bonds is 6. The van der Waals surface area contributed by atoms with E-state index in [0.29, 0.717) is 5.57 Å². The molecular formula is C26H28O8. The number of fused-ring (bicyclic) bond motifs is 1.